The lowest BCUT2D eigenvalue weighted by Gasteiger charge is -1.86. The molecule has 1 aromatic carbocycles. The van der Waals surface area contributed by atoms with Crippen LogP contribution in [0.25, 0.3) is 20.9 Å². The highest BCUT2D eigenvalue weighted by Crippen LogP contribution is 2.30. The second-order valence-electron chi connectivity index (χ2n) is 3.32. The van der Waals surface area contributed by atoms with Crippen LogP contribution >= 0.6 is 22.7 Å². The zero-order chi connectivity index (χ0) is 11.0. The first-order valence-corrected chi connectivity index (χ1v) is 6.57. The minimum atomic E-state index is 0.496. The molecule has 2 aromatic heterocycles. The third-order valence-corrected chi connectivity index (χ3v) is 4.17. The summed E-state index contributed by atoms with van der Waals surface area (Å²) in [6.45, 7) is 0.496. The fraction of sp³-hybridized carbons (Fsp3) is 0.0909. The van der Waals surface area contributed by atoms with E-state index in [1.807, 2.05) is 23.6 Å². The molecule has 0 radical (unpaired) electrons. The highest BCUT2D eigenvalue weighted by atomic mass is 32.1. The number of para-hydroxylation sites is 1. The lowest BCUT2D eigenvalue weighted by atomic mass is 10.3. The normalized spacial score (nSPS) is 11.1. The van der Waals surface area contributed by atoms with Crippen LogP contribution in [0.4, 0.5) is 0 Å². The van der Waals surface area contributed by atoms with Gasteiger partial charge < -0.3 is 5.73 Å². The Morgan fingerprint density at radius 1 is 1.19 bits per heavy atom. The summed E-state index contributed by atoms with van der Waals surface area (Å²) in [5.41, 5.74) is 7.52. The third-order valence-electron chi connectivity index (χ3n) is 2.24. The second kappa shape index (κ2) is 3.93. The SMILES string of the molecule is NCc1nc(-c2nc3ccccc3s2)cs1. The van der Waals surface area contributed by atoms with Gasteiger partial charge in [-0.3, -0.25) is 0 Å². The molecule has 0 amide bonds. The molecule has 5 heteroatoms. The quantitative estimate of drug-likeness (QED) is 0.757. The van der Waals surface area contributed by atoms with Gasteiger partial charge in [-0.2, -0.15) is 0 Å². The number of hydrogen-bond donors (Lipinski definition) is 1. The summed E-state index contributed by atoms with van der Waals surface area (Å²) >= 11 is 3.25. The lowest BCUT2D eigenvalue weighted by molar-refractivity contribution is 1.04. The first-order valence-electron chi connectivity index (χ1n) is 4.87. The van der Waals surface area contributed by atoms with Crippen molar-refractivity contribution in [3.8, 4) is 10.7 Å². The number of aromatic nitrogens is 2. The van der Waals surface area contributed by atoms with E-state index in [0.29, 0.717) is 6.54 Å². The van der Waals surface area contributed by atoms with Crippen molar-refractivity contribution in [2.24, 2.45) is 5.73 Å². The minimum absolute atomic E-state index is 0.496. The summed E-state index contributed by atoms with van der Waals surface area (Å²) in [4.78, 5) is 8.99. The van der Waals surface area contributed by atoms with Crippen LogP contribution in [0.15, 0.2) is 29.6 Å². The van der Waals surface area contributed by atoms with Gasteiger partial charge in [-0.25, -0.2) is 9.97 Å². The molecular weight excluding hydrogens is 238 g/mol. The van der Waals surface area contributed by atoms with Gasteiger partial charge >= 0.3 is 0 Å². The van der Waals surface area contributed by atoms with E-state index in [4.69, 9.17) is 5.73 Å². The highest BCUT2D eigenvalue weighted by molar-refractivity contribution is 7.21. The monoisotopic (exact) mass is 247 g/mol. The van der Waals surface area contributed by atoms with Crippen molar-refractivity contribution in [2.45, 2.75) is 6.54 Å². The van der Waals surface area contributed by atoms with Gasteiger partial charge in [-0.1, -0.05) is 12.1 Å². The summed E-state index contributed by atoms with van der Waals surface area (Å²) in [6, 6.07) is 8.12. The fourth-order valence-electron chi connectivity index (χ4n) is 1.48. The van der Waals surface area contributed by atoms with Crippen molar-refractivity contribution in [3.63, 3.8) is 0 Å². The third kappa shape index (κ3) is 1.63. The summed E-state index contributed by atoms with van der Waals surface area (Å²) in [5, 5.41) is 3.94. The van der Waals surface area contributed by atoms with E-state index >= 15 is 0 Å². The van der Waals surface area contributed by atoms with Crippen molar-refractivity contribution in [3.05, 3.63) is 34.7 Å². The Morgan fingerprint density at radius 3 is 2.81 bits per heavy atom. The zero-order valence-electron chi connectivity index (χ0n) is 8.38. The van der Waals surface area contributed by atoms with E-state index in [0.717, 1.165) is 21.2 Å². The smallest absolute Gasteiger partial charge is 0.143 e. The summed E-state index contributed by atoms with van der Waals surface area (Å²) in [5.74, 6) is 0. The predicted octanol–water partition coefficient (Wildman–Crippen LogP) is 2.88. The van der Waals surface area contributed by atoms with Gasteiger partial charge in [0.05, 0.1) is 10.2 Å². The Hall–Kier alpha value is -1.30. The van der Waals surface area contributed by atoms with Gasteiger partial charge in [-0.15, -0.1) is 22.7 Å². The van der Waals surface area contributed by atoms with Crippen LogP contribution < -0.4 is 5.73 Å². The summed E-state index contributed by atoms with van der Waals surface area (Å²) < 4.78 is 1.19. The predicted molar refractivity (Wildman–Crippen MR) is 68.6 cm³/mol. The highest BCUT2D eigenvalue weighted by Gasteiger charge is 2.08. The van der Waals surface area contributed by atoms with Crippen molar-refractivity contribution in [1.29, 1.82) is 0 Å². The van der Waals surface area contributed by atoms with E-state index < -0.39 is 0 Å². The molecule has 0 aliphatic rings. The first kappa shape index (κ1) is 9.89. The van der Waals surface area contributed by atoms with Crippen molar-refractivity contribution in [1.82, 2.24) is 9.97 Å². The molecule has 3 nitrogen and oxygen atoms in total. The molecule has 0 bridgehead atoms. The molecule has 16 heavy (non-hydrogen) atoms. The average Bonchev–Trinajstić information content (AvgIpc) is 2.95. The Labute approximate surface area is 101 Å². The van der Waals surface area contributed by atoms with Crippen LogP contribution in [0.3, 0.4) is 0 Å². The van der Waals surface area contributed by atoms with Gasteiger partial charge in [0, 0.05) is 11.9 Å². The van der Waals surface area contributed by atoms with Crippen LogP contribution in [-0.2, 0) is 6.54 Å². The maximum absolute atomic E-state index is 5.55. The van der Waals surface area contributed by atoms with Crippen LogP contribution in [0, 0.1) is 0 Å². The van der Waals surface area contributed by atoms with Crippen LogP contribution in [-0.4, -0.2) is 9.97 Å². The van der Waals surface area contributed by atoms with Gasteiger partial charge in [0.25, 0.3) is 0 Å². The molecule has 0 saturated carbocycles. The number of hydrogen-bond acceptors (Lipinski definition) is 5. The van der Waals surface area contributed by atoms with Gasteiger partial charge in [0.1, 0.15) is 15.7 Å². The standard InChI is InChI=1S/C11H9N3S2/c12-5-10-13-8(6-15-10)11-14-7-3-1-2-4-9(7)16-11/h1-4,6H,5,12H2. The number of nitrogens with two attached hydrogens (primary N) is 1. The number of benzene rings is 1. The molecule has 0 unspecified atom stereocenters. The molecule has 0 aliphatic carbocycles. The molecule has 3 rings (SSSR count). The first-order chi connectivity index (χ1) is 7.86. The second-order valence-corrected chi connectivity index (χ2v) is 5.29. The Kier molecular flexibility index (Phi) is 2.43. The number of rotatable bonds is 2. The molecule has 3 aromatic rings. The van der Waals surface area contributed by atoms with Crippen molar-refractivity contribution < 1.29 is 0 Å². The van der Waals surface area contributed by atoms with E-state index in [9.17, 15) is 0 Å². The molecule has 0 atom stereocenters. The maximum Gasteiger partial charge on any atom is 0.143 e. The lowest BCUT2D eigenvalue weighted by Crippen LogP contribution is -1.94. The van der Waals surface area contributed by atoms with Gasteiger partial charge in [0.15, 0.2) is 0 Å². The van der Waals surface area contributed by atoms with Crippen molar-refractivity contribution >= 4 is 32.9 Å². The maximum atomic E-state index is 5.55. The van der Waals surface area contributed by atoms with Gasteiger partial charge in [-0.05, 0) is 12.1 Å². The minimum Gasteiger partial charge on any atom is -0.325 e. The number of nitrogens with zero attached hydrogens (tertiary/aromatic N) is 2. The van der Waals surface area contributed by atoms with Crippen LogP contribution in [0.2, 0.25) is 0 Å². The number of thiazole rings is 2. The van der Waals surface area contributed by atoms with E-state index in [1.165, 1.54) is 4.70 Å². The molecule has 2 N–H and O–H groups in total. The summed E-state index contributed by atoms with van der Waals surface area (Å²) in [7, 11) is 0. The average molecular weight is 247 g/mol. The fourth-order valence-corrected chi connectivity index (χ4v) is 3.14. The molecule has 0 aliphatic heterocycles. The molecule has 0 fully saturated rings. The molecular formula is C11H9N3S2. The zero-order valence-corrected chi connectivity index (χ0v) is 10.0. The Morgan fingerprint density at radius 2 is 2.06 bits per heavy atom. The Balaban J connectivity index is 2.11. The van der Waals surface area contributed by atoms with Gasteiger partial charge in [0.2, 0.25) is 0 Å². The van der Waals surface area contributed by atoms with E-state index in [1.54, 1.807) is 22.7 Å². The molecule has 80 valence electrons. The van der Waals surface area contributed by atoms with Crippen molar-refractivity contribution in [2.75, 3.05) is 0 Å². The van der Waals surface area contributed by atoms with Crippen LogP contribution in [0.5, 0.6) is 0 Å². The number of fused-ring (bicyclic) bond motifs is 1. The summed E-state index contributed by atoms with van der Waals surface area (Å²) in [6.07, 6.45) is 0. The largest absolute Gasteiger partial charge is 0.325 e. The topological polar surface area (TPSA) is 51.8 Å². The van der Waals surface area contributed by atoms with Crippen LogP contribution in [0.1, 0.15) is 5.01 Å². The molecule has 0 spiro atoms. The molecule has 0 saturated heterocycles. The van der Waals surface area contributed by atoms with E-state index in [2.05, 4.69) is 16.0 Å². The molecule has 2 heterocycles. The van der Waals surface area contributed by atoms with E-state index in [-0.39, 0.29) is 0 Å². The Bertz CT molecular complexity index is 594.